The number of amides is 3. The molecule has 120 valence electrons. The van der Waals surface area contributed by atoms with Crippen LogP contribution >= 0.6 is 0 Å². The van der Waals surface area contributed by atoms with Crippen LogP contribution in [0.25, 0.3) is 0 Å². The van der Waals surface area contributed by atoms with Crippen molar-refractivity contribution >= 4 is 29.1 Å². The fraction of sp³-hybridized carbons (Fsp3) is 0.471. The summed E-state index contributed by atoms with van der Waals surface area (Å²) >= 11 is 0. The van der Waals surface area contributed by atoms with Gasteiger partial charge in [0.25, 0.3) is 0 Å². The van der Waals surface area contributed by atoms with E-state index in [0.717, 1.165) is 29.8 Å². The van der Waals surface area contributed by atoms with Gasteiger partial charge in [-0.2, -0.15) is 0 Å². The molecule has 3 amide bonds. The lowest BCUT2D eigenvalue weighted by Crippen LogP contribution is -2.30. The molecule has 23 heavy (non-hydrogen) atoms. The molecule has 4 rings (SSSR count). The number of carbonyl (C=O) groups excluding carboxylic acids is 3. The lowest BCUT2D eigenvalue weighted by molar-refractivity contribution is -0.128. The molecule has 3 aliphatic rings. The van der Waals surface area contributed by atoms with Gasteiger partial charge in [0.2, 0.25) is 17.7 Å². The molecule has 1 unspecified atom stereocenters. The molecule has 0 bridgehead atoms. The van der Waals surface area contributed by atoms with Gasteiger partial charge in [-0.15, -0.1) is 0 Å². The highest BCUT2D eigenvalue weighted by atomic mass is 16.2. The van der Waals surface area contributed by atoms with E-state index in [-0.39, 0.29) is 23.6 Å². The van der Waals surface area contributed by atoms with Crippen LogP contribution in [0.5, 0.6) is 0 Å². The normalized spacial score (nSPS) is 23.5. The van der Waals surface area contributed by atoms with Crippen LogP contribution < -0.4 is 10.6 Å². The zero-order chi connectivity index (χ0) is 16.0. The van der Waals surface area contributed by atoms with Crippen molar-refractivity contribution in [3.8, 4) is 0 Å². The van der Waals surface area contributed by atoms with Crippen LogP contribution in [0.1, 0.15) is 31.2 Å². The summed E-state index contributed by atoms with van der Waals surface area (Å²) in [6.07, 6.45) is 3.59. The highest BCUT2D eigenvalue weighted by molar-refractivity contribution is 5.98. The van der Waals surface area contributed by atoms with Crippen LogP contribution in [0.4, 0.5) is 11.4 Å². The third-order valence-corrected chi connectivity index (χ3v) is 4.79. The summed E-state index contributed by atoms with van der Waals surface area (Å²) in [5.74, 6) is -0.236. The van der Waals surface area contributed by atoms with Crippen LogP contribution in [-0.4, -0.2) is 35.2 Å². The number of nitrogens with one attached hydrogen (secondary N) is 2. The Labute approximate surface area is 134 Å². The summed E-state index contributed by atoms with van der Waals surface area (Å²) < 4.78 is 0. The first-order chi connectivity index (χ1) is 11.1. The Kier molecular flexibility index (Phi) is 3.32. The van der Waals surface area contributed by atoms with E-state index >= 15 is 0 Å². The Morgan fingerprint density at radius 1 is 1.22 bits per heavy atom. The minimum atomic E-state index is -0.265. The number of hydrogen-bond acceptors (Lipinski definition) is 3. The zero-order valence-corrected chi connectivity index (χ0v) is 12.8. The van der Waals surface area contributed by atoms with Crippen molar-refractivity contribution in [3.05, 3.63) is 23.8 Å². The second-order valence-electron chi connectivity index (χ2n) is 6.59. The smallest absolute Gasteiger partial charge is 0.229 e. The summed E-state index contributed by atoms with van der Waals surface area (Å²) in [7, 11) is 0. The van der Waals surface area contributed by atoms with Crippen LogP contribution in [0.3, 0.4) is 0 Å². The first-order valence-electron chi connectivity index (χ1n) is 8.13. The van der Waals surface area contributed by atoms with Crippen molar-refractivity contribution in [1.29, 1.82) is 0 Å². The summed E-state index contributed by atoms with van der Waals surface area (Å²) in [6, 6.07) is 5.88. The van der Waals surface area contributed by atoms with Gasteiger partial charge in [0, 0.05) is 36.8 Å². The topological polar surface area (TPSA) is 78.5 Å². The Hall–Kier alpha value is -2.37. The number of benzene rings is 1. The van der Waals surface area contributed by atoms with Crippen molar-refractivity contribution in [3.63, 3.8) is 0 Å². The monoisotopic (exact) mass is 313 g/mol. The van der Waals surface area contributed by atoms with Crippen molar-refractivity contribution in [2.75, 3.05) is 17.2 Å². The predicted molar refractivity (Wildman–Crippen MR) is 84.9 cm³/mol. The Morgan fingerprint density at radius 3 is 2.83 bits per heavy atom. The van der Waals surface area contributed by atoms with E-state index in [1.807, 2.05) is 17.0 Å². The average molecular weight is 313 g/mol. The Morgan fingerprint density at radius 2 is 2.04 bits per heavy atom. The van der Waals surface area contributed by atoms with E-state index in [9.17, 15) is 14.4 Å². The summed E-state index contributed by atoms with van der Waals surface area (Å²) in [5.41, 5.74) is 2.57. The van der Waals surface area contributed by atoms with Crippen molar-refractivity contribution < 1.29 is 14.4 Å². The molecule has 1 saturated heterocycles. The second-order valence-corrected chi connectivity index (χ2v) is 6.59. The van der Waals surface area contributed by atoms with Gasteiger partial charge >= 0.3 is 0 Å². The van der Waals surface area contributed by atoms with Gasteiger partial charge < -0.3 is 15.5 Å². The third-order valence-electron chi connectivity index (χ3n) is 4.79. The largest absolute Gasteiger partial charge is 0.339 e. The molecule has 1 saturated carbocycles. The molecule has 2 heterocycles. The average Bonchev–Trinajstić information content (AvgIpc) is 3.29. The highest BCUT2D eigenvalue weighted by Crippen LogP contribution is 2.33. The molecule has 6 heteroatoms. The summed E-state index contributed by atoms with van der Waals surface area (Å²) in [5, 5.41) is 5.74. The molecule has 2 aliphatic heterocycles. The van der Waals surface area contributed by atoms with Gasteiger partial charge in [0.1, 0.15) is 0 Å². The van der Waals surface area contributed by atoms with Crippen LogP contribution in [0.2, 0.25) is 0 Å². The lowest BCUT2D eigenvalue weighted by atomic mass is 10.0. The fourth-order valence-corrected chi connectivity index (χ4v) is 3.35. The number of anilines is 2. The Balaban J connectivity index is 1.43. The van der Waals surface area contributed by atoms with Gasteiger partial charge in [-0.25, -0.2) is 0 Å². The number of carbonyl (C=O) groups is 3. The molecular formula is C17H19N3O3. The van der Waals surface area contributed by atoms with Gasteiger partial charge in [0.15, 0.2) is 0 Å². The number of likely N-dealkylation sites (tertiary alicyclic amines) is 1. The quantitative estimate of drug-likeness (QED) is 0.888. The fourth-order valence-electron chi connectivity index (χ4n) is 3.35. The molecule has 0 aromatic heterocycles. The highest BCUT2D eigenvalue weighted by Gasteiger charge is 2.41. The van der Waals surface area contributed by atoms with Gasteiger partial charge in [-0.1, -0.05) is 0 Å². The van der Waals surface area contributed by atoms with Gasteiger partial charge in [0.05, 0.1) is 5.92 Å². The first-order valence-corrected chi connectivity index (χ1v) is 8.13. The molecule has 1 atom stereocenters. The maximum atomic E-state index is 12.4. The number of nitrogens with zero attached hydrogens (tertiary/aromatic N) is 1. The SMILES string of the molecule is O=C1CCc2cc(NC(=O)C3CC(=O)N(C4CC4)C3)ccc2N1. The standard InChI is InChI=1S/C17H19N3O3/c21-15-6-1-10-7-12(2-5-14(10)19-15)18-17(23)11-8-16(22)20(9-11)13-3-4-13/h2,5,7,11,13H,1,3-4,6,8-9H2,(H,18,23)(H,19,21). The molecule has 0 radical (unpaired) electrons. The molecule has 0 spiro atoms. The van der Waals surface area contributed by atoms with Crippen LogP contribution in [0, 0.1) is 5.92 Å². The number of rotatable bonds is 3. The van der Waals surface area contributed by atoms with Crippen LogP contribution in [-0.2, 0) is 20.8 Å². The zero-order valence-electron chi connectivity index (χ0n) is 12.8. The van der Waals surface area contributed by atoms with Gasteiger partial charge in [-0.3, -0.25) is 14.4 Å². The van der Waals surface area contributed by atoms with E-state index in [0.29, 0.717) is 31.8 Å². The second kappa shape index (κ2) is 5.37. The minimum absolute atomic E-state index is 0.0268. The summed E-state index contributed by atoms with van der Waals surface area (Å²) in [6.45, 7) is 0.538. The van der Waals surface area contributed by atoms with Crippen molar-refractivity contribution in [2.45, 2.75) is 38.1 Å². The lowest BCUT2D eigenvalue weighted by Gasteiger charge is -2.18. The molecule has 1 aliphatic carbocycles. The molecule has 2 N–H and O–H groups in total. The third kappa shape index (κ3) is 2.81. The molecule has 2 fully saturated rings. The maximum absolute atomic E-state index is 12.4. The number of hydrogen-bond donors (Lipinski definition) is 2. The van der Waals surface area contributed by atoms with E-state index in [2.05, 4.69) is 10.6 Å². The molecule has 6 nitrogen and oxygen atoms in total. The van der Waals surface area contributed by atoms with Crippen molar-refractivity contribution in [1.82, 2.24) is 4.90 Å². The molecular weight excluding hydrogens is 294 g/mol. The van der Waals surface area contributed by atoms with Gasteiger partial charge in [-0.05, 0) is 43.0 Å². The minimum Gasteiger partial charge on any atom is -0.339 e. The predicted octanol–water partition coefficient (Wildman–Crippen LogP) is 1.52. The summed E-state index contributed by atoms with van der Waals surface area (Å²) in [4.78, 5) is 37.6. The van der Waals surface area contributed by atoms with E-state index in [4.69, 9.17) is 0 Å². The number of fused-ring (bicyclic) bond motifs is 1. The van der Waals surface area contributed by atoms with E-state index in [1.165, 1.54) is 0 Å². The molecule has 1 aromatic rings. The number of aryl methyl sites for hydroxylation is 1. The van der Waals surface area contributed by atoms with Crippen molar-refractivity contribution in [2.24, 2.45) is 5.92 Å². The first kappa shape index (κ1) is 14.2. The molecule has 1 aromatic carbocycles. The van der Waals surface area contributed by atoms with Crippen LogP contribution in [0.15, 0.2) is 18.2 Å². The Bertz CT molecular complexity index is 696. The van der Waals surface area contributed by atoms with E-state index in [1.54, 1.807) is 6.07 Å². The maximum Gasteiger partial charge on any atom is 0.229 e. The van der Waals surface area contributed by atoms with E-state index < -0.39 is 0 Å².